The van der Waals surface area contributed by atoms with Gasteiger partial charge in [0, 0.05) is 6.54 Å². The first kappa shape index (κ1) is 16.0. The second-order valence-corrected chi connectivity index (χ2v) is 4.64. The highest BCUT2D eigenvalue weighted by molar-refractivity contribution is 5.98. The summed E-state index contributed by atoms with van der Waals surface area (Å²) in [6.07, 6.45) is 3.24. The molecule has 0 saturated carbocycles. The van der Waals surface area contributed by atoms with Gasteiger partial charge in [0.2, 0.25) is 0 Å². The lowest BCUT2D eigenvalue weighted by molar-refractivity contribution is -0.141. The Labute approximate surface area is 118 Å². The Morgan fingerprint density at radius 3 is 2.55 bits per heavy atom. The number of hydrogen-bond acceptors (Lipinski definition) is 5. The van der Waals surface area contributed by atoms with Crippen LogP contribution in [0.5, 0.6) is 0 Å². The summed E-state index contributed by atoms with van der Waals surface area (Å²) >= 11 is 0. The molecule has 0 spiro atoms. The minimum atomic E-state index is -0.456. The van der Waals surface area contributed by atoms with Gasteiger partial charge in [0.1, 0.15) is 12.2 Å². The molecular formula is C13H22N4O3. The van der Waals surface area contributed by atoms with Crippen LogP contribution in [-0.2, 0) is 9.53 Å². The third-order valence-corrected chi connectivity index (χ3v) is 3.35. The van der Waals surface area contributed by atoms with Crippen LogP contribution < -0.4 is 5.73 Å². The minimum absolute atomic E-state index is 0.0930. The van der Waals surface area contributed by atoms with E-state index in [0.29, 0.717) is 12.5 Å². The van der Waals surface area contributed by atoms with Gasteiger partial charge >= 0.3 is 5.97 Å². The molecule has 1 aromatic heterocycles. The largest absolute Gasteiger partial charge is 0.468 e. The van der Waals surface area contributed by atoms with Gasteiger partial charge in [0.15, 0.2) is 0 Å². The van der Waals surface area contributed by atoms with Crippen LogP contribution in [0, 0.1) is 5.92 Å². The zero-order valence-electron chi connectivity index (χ0n) is 12.2. The molecule has 0 saturated heterocycles. The first-order valence-electron chi connectivity index (χ1n) is 6.68. The molecule has 0 aliphatic heterocycles. The average Bonchev–Trinajstić information content (AvgIpc) is 2.88. The molecule has 1 rings (SSSR count). The van der Waals surface area contributed by atoms with Crippen molar-refractivity contribution >= 4 is 17.6 Å². The van der Waals surface area contributed by atoms with E-state index in [1.54, 1.807) is 0 Å². The van der Waals surface area contributed by atoms with Crippen LogP contribution in [0.1, 0.15) is 37.2 Å². The lowest BCUT2D eigenvalue weighted by Crippen LogP contribution is -2.40. The molecule has 1 amide bonds. The highest BCUT2D eigenvalue weighted by atomic mass is 16.5. The van der Waals surface area contributed by atoms with Gasteiger partial charge in [-0.05, 0) is 5.92 Å². The van der Waals surface area contributed by atoms with Crippen LogP contribution in [0.25, 0.3) is 0 Å². The highest BCUT2D eigenvalue weighted by Gasteiger charge is 2.24. The van der Waals surface area contributed by atoms with Crippen molar-refractivity contribution in [3.05, 3.63) is 11.9 Å². The molecule has 1 heterocycles. The summed E-state index contributed by atoms with van der Waals surface area (Å²) in [5, 5.41) is 6.30. The average molecular weight is 282 g/mol. The maximum absolute atomic E-state index is 12.4. The van der Waals surface area contributed by atoms with Gasteiger partial charge in [-0.3, -0.25) is 14.7 Å². The number of H-pyrrole nitrogens is 1. The number of aromatic nitrogens is 2. The van der Waals surface area contributed by atoms with Crippen molar-refractivity contribution < 1.29 is 14.3 Å². The number of methoxy groups -OCH3 is 1. The van der Waals surface area contributed by atoms with Gasteiger partial charge in [-0.15, -0.1) is 0 Å². The zero-order valence-corrected chi connectivity index (χ0v) is 12.2. The van der Waals surface area contributed by atoms with Crippen LogP contribution >= 0.6 is 0 Å². The molecule has 20 heavy (non-hydrogen) atoms. The van der Waals surface area contributed by atoms with Crippen molar-refractivity contribution in [2.24, 2.45) is 5.92 Å². The van der Waals surface area contributed by atoms with E-state index in [0.717, 1.165) is 12.8 Å². The standard InChI is InChI=1S/C13H22N4O3/c1-4-9(5-2)7-17(8-11(18)20-3)13(19)12-10(14)6-15-16-12/h6,9H,4-5,7-8,14H2,1-3H3,(H,15,16). The third-order valence-electron chi connectivity index (χ3n) is 3.35. The normalized spacial score (nSPS) is 10.6. The molecule has 0 unspecified atom stereocenters. The Balaban J connectivity index is 2.89. The molecule has 0 atom stereocenters. The van der Waals surface area contributed by atoms with E-state index in [2.05, 4.69) is 28.8 Å². The number of esters is 1. The van der Waals surface area contributed by atoms with Crippen LogP contribution in [0.3, 0.4) is 0 Å². The first-order valence-corrected chi connectivity index (χ1v) is 6.68. The molecule has 0 aromatic carbocycles. The quantitative estimate of drug-likeness (QED) is 0.728. The fourth-order valence-electron chi connectivity index (χ4n) is 1.92. The molecule has 1 aromatic rings. The predicted molar refractivity (Wildman–Crippen MR) is 75.0 cm³/mol. The lowest BCUT2D eigenvalue weighted by Gasteiger charge is -2.25. The number of nitrogens with two attached hydrogens (primary N) is 1. The Kier molecular flexibility index (Phi) is 6.02. The number of aromatic amines is 1. The van der Waals surface area contributed by atoms with E-state index in [-0.39, 0.29) is 23.8 Å². The molecule has 7 nitrogen and oxygen atoms in total. The number of carbonyl (C=O) groups excluding carboxylic acids is 2. The lowest BCUT2D eigenvalue weighted by atomic mass is 10.0. The fourth-order valence-corrected chi connectivity index (χ4v) is 1.92. The molecule has 112 valence electrons. The van der Waals surface area contributed by atoms with E-state index in [1.165, 1.54) is 18.2 Å². The summed E-state index contributed by atoms with van der Waals surface area (Å²) in [6, 6.07) is 0. The Morgan fingerprint density at radius 2 is 2.10 bits per heavy atom. The van der Waals surface area contributed by atoms with Crippen molar-refractivity contribution in [2.75, 3.05) is 25.9 Å². The summed E-state index contributed by atoms with van der Waals surface area (Å²) in [5.74, 6) is -0.465. The number of nitrogens with zero attached hydrogens (tertiary/aromatic N) is 2. The fraction of sp³-hybridized carbons (Fsp3) is 0.615. The highest BCUT2D eigenvalue weighted by Crippen LogP contribution is 2.15. The molecule has 0 radical (unpaired) electrons. The summed E-state index contributed by atoms with van der Waals surface area (Å²) in [6.45, 7) is 4.50. The monoisotopic (exact) mass is 282 g/mol. The topological polar surface area (TPSA) is 101 Å². The van der Waals surface area contributed by atoms with E-state index in [1.807, 2.05) is 0 Å². The minimum Gasteiger partial charge on any atom is -0.468 e. The Bertz CT molecular complexity index is 454. The second-order valence-electron chi connectivity index (χ2n) is 4.64. The Morgan fingerprint density at radius 1 is 1.45 bits per heavy atom. The van der Waals surface area contributed by atoms with Crippen molar-refractivity contribution in [1.29, 1.82) is 0 Å². The number of hydrogen-bond donors (Lipinski definition) is 2. The van der Waals surface area contributed by atoms with Gasteiger partial charge in [0.25, 0.3) is 5.91 Å². The Hall–Kier alpha value is -2.05. The van der Waals surface area contributed by atoms with E-state index >= 15 is 0 Å². The van der Waals surface area contributed by atoms with Crippen molar-refractivity contribution in [2.45, 2.75) is 26.7 Å². The number of carbonyl (C=O) groups is 2. The number of amides is 1. The van der Waals surface area contributed by atoms with Gasteiger partial charge in [0.05, 0.1) is 19.0 Å². The van der Waals surface area contributed by atoms with Crippen LogP contribution in [0.4, 0.5) is 5.69 Å². The van der Waals surface area contributed by atoms with Gasteiger partial charge in [-0.1, -0.05) is 26.7 Å². The summed E-state index contributed by atoms with van der Waals surface area (Å²) < 4.78 is 4.64. The molecule has 0 bridgehead atoms. The zero-order chi connectivity index (χ0) is 15.1. The molecule has 0 aliphatic rings. The van der Waals surface area contributed by atoms with Crippen molar-refractivity contribution in [1.82, 2.24) is 15.1 Å². The number of ether oxygens (including phenoxy) is 1. The van der Waals surface area contributed by atoms with E-state index in [4.69, 9.17) is 5.73 Å². The molecular weight excluding hydrogens is 260 g/mol. The third kappa shape index (κ3) is 3.97. The second kappa shape index (κ2) is 7.52. The van der Waals surface area contributed by atoms with E-state index < -0.39 is 5.97 Å². The van der Waals surface area contributed by atoms with Gasteiger partial charge in [-0.25, -0.2) is 0 Å². The molecule has 3 N–H and O–H groups in total. The maximum Gasteiger partial charge on any atom is 0.325 e. The van der Waals surface area contributed by atoms with Crippen LogP contribution in [0.15, 0.2) is 6.20 Å². The number of anilines is 1. The van der Waals surface area contributed by atoms with Crippen molar-refractivity contribution in [3.63, 3.8) is 0 Å². The first-order chi connectivity index (χ1) is 9.53. The van der Waals surface area contributed by atoms with Crippen molar-refractivity contribution in [3.8, 4) is 0 Å². The SMILES string of the molecule is CCC(CC)CN(CC(=O)OC)C(=O)c1[nH]ncc1N. The smallest absolute Gasteiger partial charge is 0.325 e. The summed E-state index contributed by atoms with van der Waals surface area (Å²) in [4.78, 5) is 25.3. The van der Waals surface area contributed by atoms with Gasteiger partial charge < -0.3 is 15.4 Å². The van der Waals surface area contributed by atoms with Crippen LogP contribution in [-0.4, -0.2) is 47.2 Å². The maximum atomic E-state index is 12.4. The number of rotatable bonds is 7. The molecule has 0 fully saturated rings. The summed E-state index contributed by atoms with van der Waals surface area (Å²) in [7, 11) is 1.30. The predicted octanol–water partition coefficient (Wildman–Crippen LogP) is 1.04. The van der Waals surface area contributed by atoms with Gasteiger partial charge in [-0.2, -0.15) is 5.10 Å². The number of nitrogen functional groups attached to an aromatic ring is 1. The molecule has 7 heteroatoms. The number of nitrogens with one attached hydrogen (secondary N) is 1. The molecule has 0 aliphatic carbocycles. The summed E-state index contributed by atoms with van der Waals surface area (Å²) in [5.41, 5.74) is 6.16. The van der Waals surface area contributed by atoms with E-state index in [9.17, 15) is 9.59 Å². The van der Waals surface area contributed by atoms with Crippen LogP contribution in [0.2, 0.25) is 0 Å².